The standard InChI is InChI=1S/C31H21Cl2FN2O5/c32-22-7-6-21(28(33)16-22)18-41-25-12-10-24(11-13-25)36-30(38)27(29(37)35-31(36)39)15-20-2-1-3-26(14-20)40-17-19-4-8-23(34)9-5-19/h1-16H,17-18H2,(H,35,37,39)/b27-15-. The number of amides is 4. The van der Waals surface area contributed by atoms with Gasteiger partial charge in [-0.2, -0.15) is 0 Å². The largest absolute Gasteiger partial charge is 0.489 e. The summed E-state index contributed by atoms with van der Waals surface area (Å²) in [5, 5.41) is 3.19. The first-order chi connectivity index (χ1) is 19.8. The highest BCUT2D eigenvalue weighted by atomic mass is 35.5. The van der Waals surface area contributed by atoms with Crippen molar-refractivity contribution in [2.75, 3.05) is 4.90 Å². The highest BCUT2D eigenvalue weighted by Gasteiger charge is 2.36. The molecule has 7 nitrogen and oxygen atoms in total. The van der Waals surface area contributed by atoms with E-state index < -0.39 is 17.8 Å². The number of carbonyl (C=O) groups excluding carboxylic acids is 3. The van der Waals surface area contributed by atoms with E-state index in [2.05, 4.69) is 5.32 Å². The number of benzene rings is 4. The summed E-state index contributed by atoms with van der Waals surface area (Å²) >= 11 is 12.1. The Hall–Kier alpha value is -4.66. The number of nitrogens with one attached hydrogen (secondary N) is 1. The van der Waals surface area contributed by atoms with Gasteiger partial charge in [0.05, 0.1) is 5.69 Å². The van der Waals surface area contributed by atoms with Crippen LogP contribution in [0.1, 0.15) is 16.7 Å². The normalized spacial score (nSPS) is 14.3. The third-order valence-corrected chi connectivity index (χ3v) is 6.68. The van der Waals surface area contributed by atoms with Crippen LogP contribution in [0.2, 0.25) is 10.0 Å². The molecule has 0 radical (unpaired) electrons. The van der Waals surface area contributed by atoms with E-state index in [1.807, 2.05) is 0 Å². The minimum atomic E-state index is -0.866. The van der Waals surface area contributed by atoms with E-state index >= 15 is 0 Å². The Bertz CT molecular complexity index is 1660. The monoisotopic (exact) mass is 590 g/mol. The number of hydrogen-bond donors (Lipinski definition) is 1. The smallest absolute Gasteiger partial charge is 0.335 e. The van der Waals surface area contributed by atoms with Gasteiger partial charge in [-0.25, -0.2) is 14.1 Å². The first kappa shape index (κ1) is 27.9. The molecule has 0 bridgehead atoms. The van der Waals surface area contributed by atoms with E-state index in [1.54, 1.807) is 66.7 Å². The third kappa shape index (κ3) is 6.74. The average Bonchev–Trinajstić information content (AvgIpc) is 2.95. The molecule has 1 fully saturated rings. The van der Waals surface area contributed by atoms with Crippen molar-refractivity contribution in [1.29, 1.82) is 0 Å². The van der Waals surface area contributed by atoms with Crippen molar-refractivity contribution in [1.82, 2.24) is 5.32 Å². The molecule has 0 aromatic heterocycles. The fraction of sp³-hybridized carbons (Fsp3) is 0.0645. The lowest BCUT2D eigenvalue weighted by molar-refractivity contribution is -0.122. The van der Waals surface area contributed by atoms with E-state index in [4.69, 9.17) is 32.7 Å². The van der Waals surface area contributed by atoms with Crippen LogP contribution in [-0.2, 0) is 22.8 Å². The number of carbonyl (C=O) groups is 3. The lowest BCUT2D eigenvalue weighted by Crippen LogP contribution is -2.54. The maximum absolute atomic E-state index is 13.3. The predicted molar refractivity (Wildman–Crippen MR) is 153 cm³/mol. The maximum atomic E-state index is 13.3. The molecular weight excluding hydrogens is 570 g/mol. The van der Waals surface area contributed by atoms with Crippen LogP contribution < -0.4 is 19.7 Å². The highest BCUT2D eigenvalue weighted by molar-refractivity contribution is 6.39. The number of ether oxygens (including phenoxy) is 2. The molecular formula is C31H21Cl2FN2O5. The Balaban J connectivity index is 1.29. The lowest BCUT2D eigenvalue weighted by Gasteiger charge is -2.26. The molecule has 0 aliphatic carbocycles. The van der Waals surface area contributed by atoms with Crippen molar-refractivity contribution >= 4 is 52.8 Å². The topological polar surface area (TPSA) is 84.9 Å². The van der Waals surface area contributed by atoms with Crippen LogP contribution in [-0.4, -0.2) is 17.8 Å². The summed E-state index contributed by atoms with van der Waals surface area (Å²) in [5.74, 6) is -0.967. The molecule has 10 heteroatoms. The third-order valence-electron chi connectivity index (χ3n) is 6.09. The Kier molecular flexibility index (Phi) is 8.33. The van der Waals surface area contributed by atoms with Gasteiger partial charge in [-0.3, -0.25) is 14.9 Å². The average molecular weight is 591 g/mol. The van der Waals surface area contributed by atoms with Crippen LogP contribution in [0.5, 0.6) is 11.5 Å². The fourth-order valence-corrected chi connectivity index (χ4v) is 4.45. The zero-order chi connectivity index (χ0) is 28.9. The molecule has 4 aromatic rings. The molecule has 0 atom stereocenters. The summed E-state index contributed by atoms with van der Waals surface area (Å²) in [7, 11) is 0. The van der Waals surface area contributed by atoms with E-state index in [9.17, 15) is 18.8 Å². The van der Waals surface area contributed by atoms with E-state index in [0.29, 0.717) is 27.1 Å². The van der Waals surface area contributed by atoms with E-state index in [0.717, 1.165) is 16.0 Å². The summed E-state index contributed by atoms with van der Waals surface area (Å²) in [6.45, 7) is 0.390. The number of imide groups is 2. The molecule has 4 aromatic carbocycles. The quantitative estimate of drug-likeness (QED) is 0.177. The molecule has 0 saturated carbocycles. The molecule has 1 saturated heterocycles. The van der Waals surface area contributed by atoms with Crippen molar-refractivity contribution in [3.05, 3.63) is 129 Å². The fourth-order valence-electron chi connectivity index (χ4n) is 3.99. The SMILES string of the molecule is O=C1NC(=O)N(c2ccc(OCc3ccc(Cl)cc3Cl)cc2)C(=O)/C1=C\c1cccc(OCc2ccc(F)cc2)c1. The van der Waals surface area contributed by atoms with E-state index in [-0.39, 0.29) is 30.3 Å². The molecule has 1 aliphatic rings. The zero-order valence-corrected chi connectivity index (χ0v) is 22.8. The number of anilines is 1. The van der Waals surface area contributed by atoms with Crippen molar-refractivity contribution in [3.8, 4) is 11.5 Å². The van der Waals surface area contributed by atoms with Crippen molar-refractivity contribution < 1.29 is 28.2 Å². The lowest BCUT2D eigenvalue weighted by atomic mass is 10.1. The Morgan fingerprint density at radius 2 is 1.54 bits per heavy atom. The van der Waals surface area contributed by atoms with Crippen LogP contribution in [0.15, 0.2) is 96.6 Å². The van der Waals surface area contributed by atoms with Gasteiger partial charge in [0.2, 0.25) is 0 Å². The van der Waals surface area contributed by atoms with Crippen LogP contribution in [0.4, 0.5) is 14.9 Å². The minimum absolute atomic E-state index is 0.187. The van der Waals surface area contributed by atoms with Gasteiger partial charge in [0.15, 0.2) is 0 Å². The number of nitrogens with zero attached hydrogens (tertiary/aromatic N) is 1. The number of barbiturate groups is 1. The second-order valence-corrected chi connectivity index (χ2v) is 9.81. The molecule has 0 unspecified atom stereocenters. The predicted octanol–water partition coefficient (Wildman–Crippen LogP) is 6.96. The van der Waals surface area contributed by atoms with Gasteiger partial charge >= 0.3 is 6.03 Å². The molecule has 206 valence electrons. The summed E-state index contributed by atoms with van der Waals surface area (Å²) in [5.41, 5.74) is 2.05. The van der Waals surface area contributed by atoms with Gasteiger partial charge in [-0.15, -0.1) is 0 Å². The van der Waals surface area contributed by atoms with Crippen molar-refractivity contribution in [2.24, 2.45) is 0 Å². The first-order valence-corrected chi connectivity index (χ1v) is 13.1. The molecule has 4 amide bonds. The first-order valence-electron chi connectivity index (χ1n) is 12.3. The van der Waals surface area contributed by atoms with Crippen LogP contribution in [0, 0.1) is 5.82 Å². The number of hydrogen-bond acceptors (Lipinski definition) is 5. The second kappa shape index (κ2) is 12.2. The van der Waals surface area contributed by atoms with Crippen LogP contribution >= 0.6 is 23.2 Å². The van der Waals surface area contributed by atoms with Crippen molar-refractivity contribution in [2.45, 2.75) is 13.2 Å². The minimum Gasteiger partial charge on any atom is -0.489 e. The summed E-state index contributed by atoms with van der Waals surface area (Å²) in [6.07, 6.45) is 1.38. The van der Waals surface area contributed by atoms with Gasteiger partial charge in [0.1, 0.15) is 36.1 Å². The number of halogens is 3. The Morgan fingerprint density at radius 1 is 0.805 bits per heavy atom. The zero-order valence-electron chi connectivity index (χ0n) is 21.3. The molecule has 0 spiro atoms. The number of urea groups is 1. The molecule has 41 heavy (non-hydrogen) atoms. The Morgan fingerprint density at radius 3 is 2.27 bits per heavy atom. The highest BCUT2D eigenvalue weighted by Crippen LogP contribution is 2.27. The van der Waals surface area contributed by atoms with Gasteiger partial charge in [0, 0.05) is 15.6 Å². The van der Waals surface area contributed by atoms with Gasteiger partial charge < -0.3 is 9.47 Å². The van der Waals surface area contributed by atoms with E-state index in [1.165, 1.54) is 30.3 Å². The summed E-state index contributed by atoms with van der Waals surface area (Å²) < 4.78 is 24.7. The molecule has 1 heterocycles. The van der Waals surface area contributed by atoms with Crippen molar-refractivity contribution in [3.63, 3.8) is 0 Å². The van der Waals surface area contributed by atoms with Gasteiger partial charge in [-0.1, -0.05) is 53.5 Å². The summed E-state index contributed by atoms with van der Waals surface area (Å²) in [6, 6.07) is 23.2. The van der Waals surface area contributed by atoms with Gasteiger partial charge in [-0.05, 0) is 77.9 Å². The Labute approximate surface area is 244 Å². The van der Waals surface area contributed by atoms with Gasteiger partial charge in [0.25, 0.3) is 11.8 Å². The van der Waals surface area contributed by atoms with Crippen LogP contribution in [0.25, 0.3) is 6.08 Å². The molecule has 1 N–H and O–H groups in total. The summed E-state index contributed by atoms with van der Waals surface area (Å²) in [4.78, 5) is 39.4. The van der Waals surface area contributed by atoms with Crippen LogP contribution in [0.3, 0.4) is 0 Å². The number of rotatable bonds is 8. The molecule has 5 rings (SSSR count). The molecule has 1 aliphatic heterocycles. The second-order valence-electron chi connectivity index (χ2n) is 8.96. The maximum Gasteiger partial charge on any atom is 0.335 e.